The van der Waals surface area contributed by atoms with Crippen LogP contribution in [0.15, 0.2) is 78.9 Å². The van der Waals surface area contributed by atoms with Gasteiger partial charge >= 0.3 is 7.60 Å². The molecule has 5 rings (SSSR count). The van der Waals surface area contributed by atoms with Gasteiger partial charge in [-0.05, 0) is 62.1 Å². The van der Waals surface area contributed by atoms with Gasteiger partial charge in [-0.1, -0.05) is 54.6 Å². The zero-order valence-corrected chi connectivity index (χ0v) is 15.8. The van der Waals surface area contributed by atoms with Gasteiger partial charge in [0.05, 0.1) is 5.30 Å². The Bertz CT molecular complexity index is 1340. The zero-order valence-electron chi connectivity index (χ0n) is 14.9. The van der Waals surface area contributed by atoms with Crippen molar-refractivity contribution in [2.24, 2.45) is 0 Å². The molecular formula is C23H17O4P. The van der Waals surface area contributed by atoms with Gasteiger partial charge < -0.3 is 14.5 Å². The second kappa shape index (κ2) is 6.32. The highest BCUT2D eigenvalue weighted by Crippen LogP contribution is 2.36. The maximum atomic E-state index is 11.3. The van der Waals surface area contributed by atoms with Crippen molar-refractivity contribution in [1.29, 1.82) is 0 Å². The Balaban J connectivity index is 1.53. The van der Waals surface area contributed by atoms with Gasteiger partial charge in [0.2, 0.25) is 0 Å². The third-order valence-corrected chi connectivity index (χ3v) is 6.16. The Morgan fingerprint density at radius 2 is 1.32 bits per heavy atom. The minimum atomic E-state index is -4.24. The van der Waals surface area contributed by atoms with E-state index in [4.69, 9.17) is 4.74 Å². The molecule has 0 heterocycles. The first kappa shape index (κ1) is 17.2. The van der Waals surface area contributed by atoms with Crippen LogP contribution in [0, 0.1) is 0 Å². The van der Waals surface area contributed by atoms with Crippen LogP contribution in [0.5, 0.6) is 5.75 Å². The standard InChI is InChI=1S/C23H17O4P/c24-28(25,26)20-11-9-19(10-12-20)27-14-18-7-6-17-5-4-15-2-1-3-16-8-13-21(18)23(17)22(15)16/h1-13H,14H2,(H2,24,25,26). The molecule has 0 aromatic heterocycles. The van der Waals surface area contributed by atoms with Crippen LogP contribution >= 0.6 is 7.60 Å². The van der Waals surface area contributed by atoms with Crippen molar-refractivity contribution in [3.05, 3.63) is 84.4 Å². The topological polar surface area (TPSA) is 66.8 Å². The molecular weight excluding hydrogens is 371 g/mol. The van der Waals surface area contributed by atoms with Gasteiger partial charge in [-0.2, -0.15) is 0 Å². The van der Waals surface area contributed by atoms with E-state index in [1.807, 2.05) is 0 Å². The lowest BCUT2D eigenvalue weighted by Crippen LogP contribution is -2.03. The normalized spacial score (nSPS) is 12.2. The van der Waals surface area contributed by atoms with Crippen molar-refractivity contribution >= 4 is 45.2 Å². The molecule has 0 saturated carbocycles. The Hall–Kier alpha value is -2.91. The first-order chi connectivity index (χ1) is 13.5. The van der Waals surface area contributed by atoms with Crippen LogP contribution in [0.2, 0.25) is 0 Å². The average Bonchev–Trinajstić information content (AvgIpc) is 2.70. The molecule has 0 fully saturated rings. The van der Waals surface area contributed by atoms with Crippen molar-refractivity contribution in [1.82, 2.24) is 0 Å². The number of benzene rings is 5. The quantitative estimate of drug-likeness (QED) is 0.337. The predicted octanol–water partition coefficient (Wildman–Crippen LogP) is 4.97. The lowest BCUT2D eigenvalue weighted by atomic mass is 9.92. The maximum Gasteiger partial charge on any atom is 0.356 e. The van der Waals surface area contributed by atoms with Gasteiger partial charge in [0.15, 0.2) is 0 Å². The molecule has 4 nitrogen and oxygen atoms in total. The lowest BCUT2D eigenvalue weighted by Gasteiger charge is -2.14. The summed E-state index contributed by atoms with van der Waals surface area (Å²) < 4.78 is 17.2. The molecule has 0 aliphatic heterocycles. The van der Waals surface area contributed by atoms with Gasteiger partial charge in [-0.25, -0.2) is 0 Å². The number of rotatable bonds is 4. The summed E-state index contributed by atoms with van der Waals surface area (Å²) in [5, 5.41) is 7.31. The van der Waals surface area contributed by atoms with E-state index < -0.39 is 7.60 Å². The minimum Gasteiger partial charge on any atom is -0.489 e. The smallest absolute Gasteiger partial charge is 0.356 e. The van der Waals surface area contributed by atoms with Crippen molar-refractivity contribution < 1.29 is 19.1 Å². The molecule has 0 unspecified atom stereocenters. The Kier molecular flexibility index (Phi) is 3.88. The highest BCUT2D eigenvalue weighted by molar-refractivity contribution is 7.60. The summed E-state index contributed by atoms with van der Waals surface area (Å²) in [6.45, 7) is 0.378. The summed E-state index contributed by atoms with van der Waals surface area (Å²) in [5.74, 6) is 0.572. The van der Waals surface area contributed by atoms with Crippen LogP contribution in [0.4, 0.5) is 0 Å². The Morgan fingerprint density at radius 3 is 2.00 bits per heavy atom. The van der Waals surface area contributed by atoms with Gasteiger partial charge in [-0.3, -0.25) is 4.57 Å². The van der Waals surface area contributed by atoms with Crippen molar-refractivity contribution in [3.8, 4) is 5.75 Å². The summed E-state index contributed by atoms with van der Waals surface area (Å²) in [6, 6.07) is 25.1. The molecule has 0 radical (unpaired) electrons. The van der Waals surface area contributed by atoms with Crippen molar-refractivity contribution in [2.75, 3.05) is 0 Å². The molecule has 0 aliphatic carbocycles. The fourth-order valence-electron chi connectivity index (χ4n) is 3.82. The van der Waals surface area contributed by atoms with E-state index >= 15 is 0 Å². The van der Waals surface area contributed by atoms with Gasteiger partial charge in [-0.15, -0.1) is 0 Å². The van der Waals surface area contributed by atoms with E-state index in [-0.39, 0.29) is 5.30 Å². The van der Waals surface area contributed by atoms with Crippen molar-refractivity contribution in [3.63, 3.8) is 0 Å². The summed E-state index contributed by atoms with van der Waals surface area (Å²) in [5.41, 5.74) is 1.07. The summed E-state index contributed by atoms with van der Waals surface area (Å²) >= 11 is 0. The molecule has 28 heavy (non-hydrogen) atoms. The molecule has 0 amide bonds. The van der Waals surface area contributed by atoms with Crippen LogP contribution in [-0.4, -0.2) is 9.79 Å². The predicted molar refractivity (Wildman–Crippen MR) is 113 cm³/mol. The van der Waals surface area contributed by atoms with Crippen LogP contribution in [0.25, 0.3) is 32.3 Å². The van der Waals surface area contributed by atoms with Gasteiger partial charge in [0.25, 0.3) is 0 Å². The van der Waals surface area contributed by atoms with Crippen LogP contribution in [0.1, 0.15) is 5.56 Å². The molecule has 5 aromatic carbocycles. The monoisotopic (exact) mass is 388 g/mol. The van der Waals surface area contributed by atoms with E-state index in [0.29, 0.717) is 12.4 Å². The molecule has 5 heteroatoms. The molecule has 0 atom stereocenters. The summed E-state index contributed by atoms with van der Waals surface area (Å²) in [4.78, 5) is 18.4. The SMILES string of the molecule is O=P(O)(O)c1ccc(OCc2ccc3ccc4cccc5ccc2c3c45)cc1. The van der Waals surface area contributed by atoms with Crippen molar-refractivity contribution in [2.45, 2.75) is 6.61 Å². The molecule has 0 bridgehead atoms. The lowest BCUT2D eigenvalue weighted by molar-refractivity contribution is 0.308. The highest BCUT2D eigenvalue weighted by Gasteiger charge is 2.16. The fraction of sp³-hybridized carbons (Fsp3) is 0.0435. The Labute approximate surface area is 161 Å². The minimum absolute atomic E-state index is 0.0115. The molecule has 2 N–H and O–H groups in total. The average molecular weight is 388 g/mol. The van der Waals surface area contributed by atoms with Crippen LogP contribution in [0.3, 0.4) is 0 Å². The van der Waals surface area contributed by atoms with E-state index in [9.17, 15) is 14.4 Å². The van der Waals surface area contributed by atoms with E-state index in [0.717, 1.165) is 10.9 Å². The third kappa shape index (κ3) is 2.83. The summed E-state index contributed by atoms with van der Waals surface area (Å²) in [7, 11) is -4.24. The molecule has 5 aromatic rings. The van der Waals surface area contributed by atoms with Crippen LogP contribution < -0.4 is 10.0 Å². The zero-order chi connectivity index (χ0) is 19.3. The first-order valence-electron chi connectivity index (χ1n) is 8.95. The number of ether oxygens (including phenoxy) is 1. The second-order valence-corrected chi connectivity index (χ2v) is 8.51. The molecule has 138 valence electrons. The molecule has 0 saturated heterocycles. The number of hydrogen-bond acceptors (Lipinski definition) is 2. The van der Waals surface area contributed by atoms with Crippen LogP contribution in [-0.2, 0) is 11.2 Å². The van der Waals surface area contributed by atoms with E-state index in [1.54, 1.807) is 12.1 Å². The maximum absolute atomic E-state index is 11.3. The largest absolute Gasteiger partial charge is 0.489 e. The third-order valence-electron chi connectivity index (χ3n) is 5.19. The van der Waals surface area contributed by atoms with Gasteiger partial charge in [0.1, 0.15) is 12.4 Å². The van der Waals surface area contributed by atoms with Gasteiger partial charge in [0, 0.05) is 0 Å². The molecule has 0 aliphatic rings. The fourth-order valence-corrected chi connectivity index (χ4v) is 4.36. The second-order valence-electron chi connectivity index (χ2n) is 6.91. The Morgan fingerprint density at radius 1 is 0.714 bits per heavy atom. The first-order valence-corrected chi connectivity index (χ1v) is 10.6. The number of hydrogen-bond donors (Lipinski definition) is 2. The summed E-state index contributed by atoms with van der Waals surface area (Å²) in [6.07, 6.45) is 0. The van der Waals surface area contributed by atoms with E-state index in [1.165, 1.54) is 39.1 Å². The molecule has 0 spiro atoms. The van der Waals surface area contributed by atoms with E-state index in [2.05, 4.69) is 54.6 Å². The highest BCUT2D eigenvalue weighted by atomic mass is 31.2.